The van der Waals surface area contributed by atoms with Crippen LogP contribution in [0.2, 0.25) is 0 Å². The predicted molar refractivity (Wildman–Crippen MR) is 104 cm³/mol. The molecule has 5 nitrogen and oxygen atoms in total. The van der Waals surface area contributed by atoms with Crippen LogP contribution in [0.15, 0.2) is 53.6 Å². The van der Waals surface area contributed by atoms with Gasteiger partial charge in [0, 0.05) is 18.7 Å². The Morgan fingerprint density at radius 2 is 1.81 bits per heavy atom. The van der Waals surface area contributed by atoms with Gasteiger partial charge in [-0.3, -0.25) is 0 Å². The highest BCUT2D eigenvalue weighted by Crippen LogP contribution is 2.53. The van der Waals surface area contributed by atoms with E-state index in [1.165, 1.54) is 6.20 Å². The van der Waals surface area contributed by atoms with Gasteiger partial charge in [-0.15, -0.1) is 0 Å². The van der Waals surface area contributed by atoms with Crippen molar-refractivity contribution in [1.82, 2.24) is 9.29 Å². The highest BCUT2D eigenvalue weighted by molar-refractivity contribution is 7.89. The van der Waals surface area contributed by atoms with E-state index >= 15 is 0 Å². The summed E-state index contributed by atoms with van der Waals surface area (Å²) in [4.78, 5) is 4.45. The van der Waals surface area contributed by atoms with E-state index in [1.807, 2.05) is 30.3 Å². The van der Waals surface area contributed by atoms with Crippen molar-refractivity contribution >= 4 is 10.0 Å². The number of nitrogens with zero attached hydrogens (tertiary/aromatic N) is 2. The Balaban J connectivity index is 1.56. The second-order valence-corrected chi connectivity index (χ2v) is 10.9. The minimum Gasteiger partial charge on any atom is -0.439 e. The third kappa shape index (κ3) is 3.60. The molecule has 1 saturated carbocycles. The minimum absolute atomic E-state index is 0.0588. The summed E-state index contributed by atoms with van der Waals surface area (Å²) in [5, 5.41) is 0. The van der Waals surface area contributed by atoms with Crippen molar-refractivity contribution < 1.29 is 13.2 Å². The number of hydrogen-bond donors (Lipinski definition) is 0. The van der Waals surface area contributed by atoms with Crippen molar-refractivity contribution in [3.05, 3.63) is 48.7 Å². The monoisotopic (exact) mass is 386 g/mol. The summed E-state index contributed by atoms with van der Waals surface area (Å²) in [5.41, 5.74) is 0.233. The van der Waals surface area contributed by atoms with Gasteiger partial charge in [0.2, 0.25) is 15.9 Å². The standard InChI is InChI=1S/C21H26N2O3S/c1-20(2)11-16-12-21(3,14-20)15-23(16)27(24,25)18-9-10-19(22-13-18)26-17-7-5-4-6-8-17/h4-10,13,16H,11-12,14-15H2,1-3H3. The van der Waals surface area contributed by atoms with E-state index in [0.717, 1.165) is 19.3 Å². The Kier molecular flexibility index (Phi) is 4.31. The highest BCUT2D eigenvalue weighted by atomic mass is 32.2. The third-order valence-corrected chi connectivity index (χ3v) is 7.53. The number of sulfonamides is 1. The molecule has 2 fully saturated rings. The van der Waals surface area contributed by atoms with E-state index in [9.17, 15) is 8.42 Å². The van der Waals surface area contributed by atoms with Crippen LogP contribution < -0.4 is 4.74 Å². The molecule has 0 N–H and O–H groups in total. The van der Waals surface area contributed by atoms with E-state index in [0.29, 0.717) is 18.2 Å². The fourth-order valence-electron chi connectivity index (χ4n) is 5.01. The molecule has 0 amide bonds. The van der Waals surface area contributed by atoms with Gasteiger partial charge < -0.3 is 4.74 Å². The lowest BCUT2D eigenvalue weighted by Crippen LogP contribution is -2.37. The van der Waals surface area contributed by atoms with Crippen LogP contribution in [0, 0.1) is 10.8 Å². The molecule has 1 saturated heterocycles. The predicted octanol–water partition coefficient (Wildman–Crippen LogP) is 4.46. The first kappa shape index (κ1) is 18.4. The zero-order chi connectivity index (χ0) is 19.3. The molecule has 1 aromatic carbocycles. The Hall–Kier alpha value is -1.92. The minimum atomic E-state index is -3.56. The SMILES string of the molecule is CC1(C)CC2CC(C)(CN2S(=O)(=O)c2ccc(Oc3ccccc3)nc2)C1. The number of hydrogen-bond acceptors (Lipinski definition) is 4. The summed E-state index contributed by atoms with van der Waals surface area (Å²) in [5.74, 6) is 1.05. The van der Waals surface area contributed by atoms with Crippen molar-refractivity contribution in [2.45, 2.75) is 51.0 Å². The van der Waals surface area contributed by atoms with Gasteiger partial charge in [-0.1, -0.05) is 39.0 Å². The van der Waals surface area contributed by atoms with E-state index < -0.39 is 10.0 Å². The average Bonchev–Trinajstić information content (AvgIpc) is 2.86. The fraction of sp³-hybridized carbons (Fsp3) is 0.476. The summed E-state index contributed by atoms with van der Waals surface area (Å²) < 4.78 is 33.9. The molecule has 0 radical (unpaired) electrons. The molecule has 4 rings (SSSR count). The molecule has 1 aliphatic heterocycles. The van der Waals surface area contributed by atoms with Crippen LogP contribution in [-0.2, 0) is 10.0 Å². The first-order valence-corrected chi connectivity index (χ1v) is 10.8. The quantitative estimate of drug-likeness (QED) is 0.778. The van der Waals surface area contributed by atoms with Gasteiger partial charge in [-0.25, -0.2) is 13.4 Å². The number of ether oxygens (including phenoxy) is 1. The van der Waals surface area contributed by atoms with Gasteiger partial charge in [0.15, 0.2) is 0 Å². The van der Waals surface area contributed by atoms with Gasteiger partial charge in [-0.2, -0.15) is 4.31 Å². The van der Waals surface area contributed by atoms with E-state index in [-0.39, 0.29) is 21.8 Å². The van der Waals surface area contributed by atoms with Crippen molar-refractivity contribution in [3.8, 4) is 11.6 Å². The molecule has 2 bridgehead atoms. The van der Waals surface area contributed by atoms with Gasteiger partial charge in [0.25, 0.3) is 0 Å². The molecule has 1 aliphatic carbocycles. The summed E-state index contributed by atoms with van der Waals surface area (Å²) in [7, 11) is -3.56. The number of aromatic nitrogens is 1. The van der Waals surface area contributed by atoms with Crippen LogP contribution in [0.3, 0.4) is 0 Å². The second kappa shape index (κ2) is 6.31. The molecule has 2 unspecified atom stereocenters. The molecule has 144 valence electrons. The zero-order valence-corrected chi connectivity index (χ0v) is 16.9. The van der Waals surface area contributed by atoms with Gasteiger partial charge in [-0.05, 0) is 48.3 Å². The molecule has 1 aromatic heterocycles. The highest BCUT2D eigenvalue weighted by Gasteiger charge is 2.53. The maximum absolute atomic E-state index is 13.2. The summed E-state index contributed by atoms with van der Waals surface area (Å²) in [6, 6.07) is 12.6. The topological polar surface area (TPSA) is 59.5 Å². The number of rotatable bonds is 4. The van der Waals surface area contributed by atoms with Crippen molar-refractivity contribution in [2.24, 2.45) is 10.8 Å². The number of pyridine rings is 1. The van der Waals surface area contributed by atoms with E-state index in [1.54, 1.807) is 16.4 Å². The Labute approximate surface area is 161 Å². The summed E-state index contributed by atoms with van der Waals surface area (Å²) >= 11 is 0. The van der Waals surface area contributed by atoms with Gasteiger partial charge in [0.05, 0.1) is 6.20 Å². The summed E-state index contributed by atoms with van der Waals surface area (Å²) in [6.45, 7) is 7.28. The second-order valence-electron chi connectivity index (χ2n) is 9.01. The molecule has 2 atom stereocenters. The molecule has 2 heterocycles. The normalized spacial score (nSPS) is 27.4. The molecule has 2 aliphatic rings. The lowest BCUT2D eigenvalue weighted by molar-refractivity contribution is 0.133. The summed E-state index contributed by atoms with van der Waals surface area (Å²) in [6.07, 6.45) is 4.32. The average molecular weight is 387 g/mol. The number of para-hydroxylation sites is 1. The van der Waals surface area contributed by atoms with Crippen LogP contribution in [0.4, 0.5) is 0 Å². The van der Waals surface area contributed by atoms with Crippen LogP contribution in [-0.4, -0.2) is 30.3 Å². The first-order chi connectivity index (χ1) is 12.7. The van der Waals surface area contributed by atoms with Crippen molar-refractivity contribution in [3.63, 3.8) is 0 Å². The molecule has 0 spiro atoms. The maximum atomic E-state index is 13.2. The Morgan fingerprint density at radius 3 is 2.48 bits per heavy atom. The fourth-order valence-corrected chi connectivity index (χ4v) is 6.73. The van der Waals surface area contributed by atoms with Crippen LogP contribution >= 0.6 is 0 Å². The molecular weight excluding hydrogens is 360 g/mol. The van der Waals surface area contributed by atoms with Crippen molar-refractivity contribution in [1.29, 1.82) is 0 Å². The number of benzene rings is 1. The zero-order valence-electron chi connectivity index (χ0n) is 16.1. The molecule has 6 heteroatoms. The van der Waals surface area contributed by atoms with E-state index in [2.05, 4.69) is 25.8 Å². The third-order valence-electron chi connectivity index (χ3n) is 5.65. The van der Waals surface area contributed by atoms with Gasteiger partial charge >= 0.3 is 0 Å². The largest absolute Gasteiger partial charge is 0.439 e. The Bertz CT molecular complexity index is 926. The molecule has 2 aromatic rings. The van der Waals surface area contributed by atoms with Crippen molar-refractivity contribution in [2.75, 3.05) is 6.54 Å². The molecular formula is C21H26N2O3S. The maximum Gasteiger partial charge on any atom is 0.244 e. The number of fused-ring (bicyclic) bond motifs is 2. The van der Waals surface area contributed by atoms with Gasteiger partial charge in [0.1, 0.15) is 10.6 Å². The van der Waals surface area contributed by atoms with Crippen LogP contribution in [0.25, 0.3) is 0 Å². The lowest BCUT2D eigenvalue weighted by Gasteiger charge is -2.39. The lowest BCUT2D eigenvalue weighted by atomic mass is 9.65. The van der Waals surface area contributed by atoms with Crippen LogP contribution in [0.1, 0.15) is 40.0 Å². The first-order valence-electron chi connectivity index (χ1n) is 9.38. The molecule has 27 heavy (non-hydrogen) atoms. The van der Waals surface area contributed by atoms with Crippen LogP contribution in [0.5, 0.6) is 11.6 Å². The Morgan fingerprint density at radius 1 is 1.07 bits per heavy atom. The van der Waals surface area contributed by atoms with E-state index in [4.69, 9.17) is 4.74 Å². The smallest absolute Gasteiger partial charge is 0.244 e.